The second kappa shape index (κ2) is 5.28. The van der Waals surface area contributed by atoms with Crippen LogP contribution in [0.3, 0.4) is 0 Å². The first-order valence-electron chi connectivity index (χ1n) is 5.49. The van der Waals surface area contributed by atoms with Crippen LogP contribution in [0, 0.1) is 12.7 Å². The number of aryl methyl sites for hydroxylation is 1. The molecule has 0 bridgehead atoms. The van der Waals surface area contributed by atoms with Gasteiger partial charge < -0.3 is 5.73 Å². The number of nitrogens with two attached hydrogens (primary N) is 1. The van der Waals surface area contributed by atoms with E-state index in [2.05, 4.69) is 4.72 Å². The van der Waals surface area contributed by atoms with E-state index in [1.165, 1.54) is 29.5 Å². The maximum Gasteiger partial charge on any atom is 0.263 e. The third-order valence-corrected chi connectivity index (χ3v) is 5.07. The van der Waals surface area contributed by atoms with E-state index in [-0.39, 0.29) is 17.1 Å². The fourth-order valence-corrected chi connectivity index (χ4v) is 4.03. The molecular formula is C12H13FN2O2S2. The highest BCUT2D eigenvalue weighted by molar-refractivity contribution is 7.93. The van der Waals surface area contributed by atoms with Gasteiger partial charge in [-0.2, -0.15) is 0 Å². The Morgan fingerprint density at radius 1 is 1.37 bits per heavy atom. The van der Waals surface area contributed by atoms with Crippen molar-refractivity contribution in [3.8, 4) is 0 Å². The van der Waals surface area contributed by atoms with Crippen molar-refractivity contribution in [2.45, 2.75) is 18.4 Å². The van der Waals surface area contributed by atoms with Gasteiger partial charge >= 0.3 is 0 Å². The number of sulfonamides is 1. The van der Waals surface area contributed by atoms with E-state index >= 15 is 0 Å². The Bertz CT molecular complexity index is 696. The average molecular weight is 300 g/mol. The lowest BCUT2D eigenvalue weighted by Crippen LogP contribution is -2.15. The normalized spacial score (nSPS) is 11.5. The van der Waals surface area contributed by atoms with Crippen molar-refractivity contribution in [1.29, 1.82) is 0 Å². The lowest BCUT2D eigenvalue weighted by atomic mass is 10.2. The van der Waals surface area contributed by atoms with Gasteiger partial charge in [0.05, 0.1) is 5.69 Å². The summed E-state index contributed by atoms with van der Waals surface area (Å²) in [6.45, 7) is 1.89. The lowest BCUT2D eigenvalue weighted by molar-refractivity contribution is 0.598. The van der Waals surface area contributed by atoms with Crippen LogP contribution in [0.2, 0.25) is 0 Å². The molecule has 0 atom stereocenters. The van der Waals surface area contributed by atoms with E-state index in [4.69, 9.17) is 5.73 Å². The van der Waals surface area contributed by atoms with Crippen LogP contribution in [0.15, 0.2) is 34.5 Å². The fourth-order valence-electron chi connectivity index (χ4n) is 1.63. The summed E-state index contributed by atoms with van der Waals surface area (Å²) < 4.78 is 40.2. The second-order valence-electron chi connectivity index (χ2n) is 4.00. The molecule has 0 aliphatic heterocycles. The van der Waals surface area contributed by atoms with E-state index in [0.29, 0.717) is 4.88 Å². The monoisotopic (exact) mass is 300 g/mol. The first-order chi connectivity index (χ1) is 8.94. The Labute approximate surface area is 115 Å². The summed E-state index contributed by atoms with van der Waals surface area (Å²) in [6.07, 6.45) is 0. The van der Waals surface area contributed by atoms with Gasteiger partial charge in [-0.1, -0.05) is 6.07 Å². The van der Waals surface area contributed by atoms with Crippen molar-refractivity contribution >= 4 is 27.0 Å². The molecule has 1 heterocycles. The molecule has 1 aromatic carbocycles. The van der Waals surface area contributed by atoms with Crippen LogP contribution in [0.1, 0.15) is 10.4 Å². The van der Waals surface area contributed by atoms with Crippen molar-refractivity contribution in [1.82, 2.24) is 0 Å². The molecule has 102 valence electrons. The van der Waals surface area contributed by atoms with Gasteiger partial charge in [-0.05, 0) is 36.1 Å². The highest BCUT2D eigenvalue weighted by atomic mass is 32.2. The molecule has 3 N–H and O–H groups in total. The number of anilines is 1. The summed E-state index contributed by atoms with van der Waals surface area (Å²) in [4.78, 5) is 0.640. The van der Waals surface area contributed by atoms with Crippen LogP contribution in [0.4, 0.5) is 10.1 Å². The molecule has 4 nitrogen and oxygen atoms in total. The Morgan fingerprint density at radius 3 is 2.79 bits per heavy atom. The highest BCUT2D eigenvalue weighted by Crippen LogP contribution is 2.25. The van der Waals surface area contributed by atoms with Crippen molar-refractivity contribution < 1.29 is 12.8 Å². The third-order valence-electron chi connectivity index (χ3n) is 2.55. The number of nitrogens with one attached hydrogen (secondary N) is 1. The Balaban J connectivity index is 2.39. The van der Waals surface area contributed by atoms with Gasteiger partial charge in [-0.15, -0.1) is 11.3 Å². The molecule has 1 aromatic heterocycles. The van der Waals surface area contributed by atoms with Crippen LogP contribution >= 0.6 is 11.3 Å². The quantitative estimate of drug-likeness (QED) is 0.911. The summed E-state index contributed by atoms with van der Waals surface area (Å²) in [5, 5.41) is 1.64. The number of benzene rings is 1. The summed E-state index contributed by atoms with van der Waals surface area (Å²) in [6, 6.07) is 5.71. The summed E-state index contributed by atoms with van der Waals surface area (Å²) >= 11 is 1.26. The minimum atomic E-state index is -3.81. The fraction of sp³-hybridized carbons (Fsp3) is 0.167. The van der Waals surface area contributed by atoms with Gasteiger partial charge in [0, 0.05) is 11.4 Å². The van der Waals surface area contributed by atoms with E-state index in [1.54, 1.807) is 18.4 Å². The van der Waals surface area contributed by atoms with Gasteiger partial charge in [-0.3, -0.25) is 4.72 Å². The number of hydrogen-bond acceptors (Lipinski definition) is 4. The van der Waals surface area contributed by atoms with Gasteiger partial charge in [0.2, 0.25) is 0 Å². The maximum atomic E-state index is 13.6. The van der Waals surface area contributed by atoms with E-state index in [1.807, 2.05) is 0 Å². The Morgan fingerprint density at radius 2 is 2.11 bits per heavy atom. The molecule has 0 fully saturated rings. The largest absolute Gasteiger partial charge is 0.326 e. The predicted molar refractivity (Wildman–Crippen MR) is 74.2 cm³/mol. The third kappa shape index (κ3) is 2.94. The zero-order valence-corrected chi connectivity index (χ0v) is 11.8. The van der Waals surface area contributed by atoms with Crippen LogP contribution in [-0.4, -0.2) is 8.42 Å². The Hall–Kier alpha value is -1.44. The molecule has 2 rings (SSSR count). The van der Waals surface area contributed by atoms with Gasteiger partial charge in [0.25, 0.3) is 10.0 Å². The van der Waals surface area contributed by atoms with E-state index < -0.39 is 15.8 Å². The lowest BCUT2D eigenvalue weighted by Gasteiger charge is -2.09. The molecule has 7 heteroatoms. The molecule has 19 heavy (non-hydrogen) atoms. The molecule has 0 aliphatic rings. The zero-order valence-electron chi connectivity index (χ0n) is 10.2. The maximum absolute atomic E-state index is 13.6. The molecule has 0 radical (unpaired) electrons. The van der Waals surface area contributed by atoms with Crippen molar-refractivity contribution in [3.63, 3.8) is 0 Å². The van der Waals surface area contributed by atoms with Crippen LogP contribution in [0.5, 0.6) is 0 Å². The number of halogens is 1. The number of rotatable bonds is 4. The molecule has 0 spiro atoms. The minimum Gasteiger partial charge on any atom is -0.326 e. The van der Waals surface area contributed by atoms with Crippen molar-refractivity contribution in [3.05, 3.63) is 45.9 Å². The molecule has 2 aromatic rings. The topological polar surface area (TPSA) is 72.2 Å². The molecule has 0 aliphatic carbocycles. The predicted octanol–water partition coefficient (Wildman–Crippen LogP) is 2.46. The first-order valence-corrected chi connectivity index (χ1v) is 7.86. The summed E-state index contributed by atoms with van der Waals surface area (Å²) in [7, 11) is -3.81. The smallest absolute Gasteiger partial charge is 0.263 e. The van der Waals surface area contributed by atoms with Crippen molar-refractivity contribution in [2.75, 3.05) is 4.72 Å². The molecule has 0 saturated carbocycles. The molecule has 0 unspecified atom stereocenters. The van der Waals surface area contributed by atoms with E-state index in [9.17, 15) is 12.8 Å². The summed E-state index contributed by atoms with van der Waals surface area (Å²) in [5.74, 6) is -0.612. The minimum absolute atomic E-state index is 0.0610. The molecular weight excluding hydrogens is 287 g/mol. The standard InChI is InChI=1S/C12H13FN2O2S2/c1-8-2-3-9(13)10(6-8)15-19(16,17)12-4-5-18-11(12)7-14/h2-6,15H,7,14H2,1H3. The van der Waals surface area contributed by atoms with Crippen LogP contribution < -0.4 is 10.5 Å². The molecule has 0 saturated heterocycles. The SMILES string of the molecule is Cc1ccc(F)c(NS(=O)(=O)c2ccsc2CN)c1. The van der Waals surface area contributed by atoms with Gasteiger partial charge in [0.1, 0.15) is 10.7 Å². The Kier molecular flexibility index (Phi) is 3.88. The van der Waals surface area contributed by atoms with E-state index in [0.717, 1.165) is 5.56 Å². The average Bonchev–Trinajstić information content (AvgIpc) is 2.82. The highest BCUT2D eigenvalue weighted by Gasteiger charge is 2.20. The van der Waals surface area contributed by atoms with Gasteiger partial charge in [0.15, 0.2) is 0 Å². The second-order valence-corrected chi connectivity index (χ2v) is 6.65. The van der Waals surface area contributed by atoms with Crippen LogP contribution in [-0.2, 0) is 16.6 Å². The number of thiophene rings is 1. The van der Waals surface area contributed by atoms with Gasteiger partial charge in [-0.25, -0.2) is 12.8 Å². The number of hydrogen-bond donors (Lipinski definition) is 2. The molecule has 0 amide bonds. The first kappa shape index (κ1) is 14.0. The van der Waals surface area contributed by atoms with Crippen LogP contribution in [0.25, 0.3) is 0 Å². The zero-order chi connectivity index (χ0) is 14.0. The summed E-state index contributed by atoms with van der Waals surface area (Å²) in [5.41, 5.74) is 6.19. The van der Waals surface area contributed by atoms with Crippen molar-refractivity contribution in [2.24, 2.45) is 5.73 Å².